The Bertz CT molecular complexity index is 748. The lowest BCUT2D eigenvalue weighted by Crippen LogP contribution is -2.36. The van der Waals surface area contributed by atoms with Crippen LogP contribution in [0.15, 0.2) is 24.5 Å². The molecule has 1 aromatic carbocycles. The van der Waals surface area contributed by atoms with Crippen LogP contribution in [0.4, 0.5) is 16.0 Å². The van der Waals surface area contributed by atoms with Crippen LogP contribution in [0.3, 0.4) is 0 Å². The lowest BCUT2D eigenvalue weighted by Gasteiger charge is -2.21. The van der Waals surface area contributed by atoms with Crippen LogP contribution in [-0.4, -0.2) is 26.6 Å². The van der Waals surface area contributed by atoms with Crippen molar-refractivity contribution in [3.8, 4) is 0 Å². The van der Waals surface area contributed by atoms with Crippen LogP contribution >= 0.6 is 11.6 Å². The molecule has 1 aliphatic heterocycles. The summed E-state index contributed by atoms with van der Waals surface area (Å²) >= 11 is 5.65. The molecule has 2 N–H and O–H groups in total. The van der Waals surface area contributed by atoms with E-state index in [4.69, 9.17) is 11.6 Å². The Hall–Kier alpha value is -2.48. The summed E-state index contributed by atoms with van der Waals surface area (Å²) in [4.78, 5) is 27.8. The second-order valence-electron chi connectivity index (χ2n) is 4.83. The molecule has 0 fully saturated rings. The van der Waals surface area contributed by atoms with Crippen molar-refractivity contribution in [2.45, 2.75) is 13.0 Å². The van der Waals surface area contributed by atoms with Crippen LogP contribution in [0.1, 0.15) is 6.42 Å². The third-order valence-corrected chi connectivity index (χ3v) is 3.54. The quantitative estimate of drug-likeness (QED) is 0.899. The van der Waals surface area contributed by atoms with Crippen LogP contribution in [0, 0.1) is 11.7 Å². The molecule has 7 nitrogen and oxygen atoms in total. The van der Waals surface area contributed by atoms with Crippen molar-refractivity contribution in [2.24, 2.45) is 5.92 Å². The largest absolute Gasteiger partial charge is 0.326 e. The number of halogens is 2. The lowest BCUT2D eigenvalue weighted by molar-refractivity contribution is -0.125. The summed E-state index contributed by atoms with van der Waals surface area (Å²) in [5, 5.41) is 9.03. The molecule has 0 radical (unpaired) electrons. The van der Waals surface area contributed by atoms with Gasteiger partial charge >= 0.3 is 0 Å². The van der Waals surface area contributed by atoms with Gasteiger partial charge in [-0.05, 0) is 18.2 Å². The molecular weight excluding hydrogens is 313 g/mol. The highest BCUT2D eigenvalue weighted by atomic mass is 35.5. The summed E-state index contributed by atoms with van der Waals surface area (Å²) in [5.74, 6) is -1.40. The monoisotopic (exact) mass is 323 g/mol. The van der Waals surface area contributed by atoms with E-state index in [1.165, 1.54) is 23.1 Å². The fraction of sp³-hybridized carbons (Fsp3) is 0.231. The van der Waals surface area contributed by atoms with Crippen molar-refractivity contribution in [3.05, 3.63) is 35.4 Å². The molecule has 1 aromatic heterocycles. The van der Waals surface area contributed by atoms with Crippen LogP contribution in [0.5, 0.6) is 0 Å². The SMILES string of the molecule is O=C(C[C@@H]1Cn2ncnc2NC1=O)Nc1ccc(F)c(Cl)c1. The lowest BCUT2D eigenvalue weighted by atomic mass is 10.0. The van der Waals surface area contributed by atoms with Gasteiger partial charge in [0.25, 0.3) is 0 Å². The van der Waals surface area contributed by atoms with Gasteiger partial charge in [0.2, 0.25) is 17.8 Å². The summed E-state index contributed by atoms with van der Waals surface area (Å²) in [6, 6.07) is 3.87. The fourth-order valence-electron chi connectivity index (χ4n) is 2.17. The molecule has 2 aromatic rings. The van der Waals surface area contributed by atoms with Crippen molar-refractivity contribution < 1.29 is 14.0 Å². The number of anilines is 2. The third kappa shape index (κ3) is 2.91. The number of nitrogens with zero attached hydrogens (tertiary/aromatic N) is 3. The molecule has 0 saturated carbocycles. The molecule has 0 saturated heterocycles. The Balaban J connectivity index is 1.64. The molecule has 2 amide bonds. The van der Waals surface area contributed by atoms with Gasteiger partial charge in [-0.1, -0.05) is 11.6 Å². The summed E-state index contributed by atoms with van der Waals surface area (Å²) in [6.07, 6.45) is 1.30. The van der Waals surface area contributed by atoms with Gasteiger partial charge in [-0.3, -0.25) is 14.9 Å². The van der Waals surface area contributed by atoms with E-state index in [-0.39, 0.29) is 29.8 Å². The number of hydrogen-bond donors (Lipinski definition) is 2. The Morgan fingerprint density at radius 2 is 2.36 bits per heavy atom. The number of rotatable bonds is 3. The van der Waals surface area contributed by atoms with Gasteiger partial charge in [0.05, 0.1) is 17.5 Å². The van der Waals surface area contributed by atoms with Crippen LogP contribution < -0.4 is 10.6 Å². The average molecular weight is 324 g/mol. The predicted molar refractivity (Wildman–Crippen MR) is 76.8 cm³/mol. The first-order valence-corrected chi connectivity index (χ1v) is 6.84. The number of carbonyl (C=O) groups excluding carboxylic acids is 2. The summed E-state index contributed by atoms with van der Waals surface area (Å²) in [6.45, 7) is 0.277. The summed E-state index contributed by atoms with van der Waals surface area (Å²) in [7, 11) is 0. The molecular formula is C13H11ClFN5O2. The van der Waals surface area contributed by atoms with Crippen molar-refractivity contribution in [2.75, 3.05) is 10.6 Å². The zero-order valence-corrected chi connectivity index (χ0v) is 12.0. The zero-order chi connectivity index (χ0) is 15.7. The van der Waals surface area contributed by atoms with Gasteiger partial charge in [-0.15, -0.1) is 0 Å². The maximum Gasteiger partial charge on any atom is 0.232 e. The van der Waals surface area contributed by atoms with Gasteiger partial charge < -0.3 is 5.32 Å². The van der Waals surface area contributed by atoms with E-state index in [2.05, 4.69) is 20.7 Å². The molecule has 0 aliphatic carbocycles. The van der Waals surface area contributed by atoms with E-state index >= 15 is 0 Å². The van der Waals surface area contributed by atoms with Crippen LogP contribution in [0.25, 0.3) is 0 Å². The van der Waals surface area contributed by atoms with Crippen molar-refractivity contribution in [1.82, 2.24) is 14.8 Å². The second-order valence-corrected chi connectivity index (χ2v) is 5.24. The summed E-state index contributed by atoms with van der Waals surface area (Å²) < 4.78 is 14.6. The van der Waals surface area contributed by atoms with E-state index in [1.807, 2.05) is 0 Å². The predicted octanol–water partition coefficient (Wildman–Crippen LogP) is 1.67. The minimum atomic E-state index is -0.565. The maximum absolute atomic E-state index is 13.1. The molecule has 1 aliphatic rings. The average Bonchev–Trinajstić information content (AvgIpc) is 2.90. The molecule has 114 valence electrons. The number of benzene rings is 1. The Labute approximate surface area is 129 Å². The first-order chi connectivity index (χ1) is 10.5. The van der Waals surface area contributed by atoms with E-state index in [1.54, 1.807) is 0 Å². The number of amides is 2. The van der Waals surface area contributed by atoms with E-state index in [0.717, 1.165) is 6.07 Å². The number of carbonyl (C=O) groups is 2. The topological polar surface area (TPSA) is 88.9 Å². The molecule has 9 heteroatoms. The maximum atomic E-state index is 13.1. The molecule has 22 heavy (non-hydrogen) atoms. The molecule has 2 heterocycles. The number of hydrogen-bond acceptors (Lipinski definition) is 4. The second kappa shape index (κ2) is 5.72. The van der Waals surface area contributed by atoms with Crippen LogP contribution in [-0.2, 0) is 16.1 Å². The normalized spacial score (nSPS) is 16.8. The van der Waals surface area contributed by atoms with Gasteiger partial charge in [0.1, 0.15) is 12.1 Å². The Morgan fingerprint density at radius 1 is 1.55 bits per heavy atom. The number of aromatic nitrogens is 3. The molecule has 0 spiro atoms. The fourth-order valence-corrected chi connectivity index (χ4v) is 2.35. The summed E-state index contributed by atoms with van der Waals surface area (Å²) in [5.41, 5.74) is 0.370. The first-order valence-electron chi connectivity index (χ1n) is 6.46. The number of nitrogens with one attached hydrogen (secondary N) is 2. The van der Waals surface area contributed by atoms with Crippen molar-refractivity contribution in [3.63, 3.8) is 0 Å². The smallest absolute Gasteiger partial charge is 0.232 e. The molecule has 0 bridgehead atoms. The minimum Gasteiger partial charge on any atom is -0.326 e. The highest BCUT2D eigenvalue weighted by Gasteiger charge is 2.29. The van der Waals surface area contributed by atoms with Gasteiger partial charge in [0.15, 0.2) is 0 Å². The standard InChI is InChI=1S/C13H11ClFN5O2/c14-9-4-8(1-2-10(9)15)18-11(21)3-7-5-20-13(16-6-17-20)19-12(7)22/h1-2,4,6-7H,3,5H2,(H,18,21)(H,16,17,19,22)/t7-/m1/s1. The van der Waals surface area contributed by atoms with E-state index in [9.17, 15) is 14.0 Å². The molecule has 1 atom stereocenters. The highest BCUT2D eigenvalue weighted by Crippen LogP contribution is 2.21. The van der Waals surface area contributed by atoms with Crippen LogP contribution in [0.2, 0.25) is 5.02 Å². The Kier molecular flexibility index (Phi) is 3.76. The van der Waals surface area contributed by atoms with Crippen molar-refractivity contribution >= 4 is 35.1 Å². The van der Waals surface area contributed by atoms with E-state index < -0.39 is 11.7 Å². The third-order valence-electron chi connectivity index (χ3n) is 3.25. The van der Waals surface area contributed by atoms with Crippen molar-refractivity contribution in [1.29, 1.82) is 0 Å². The van der Waals surface area contributed by atoms with Gasteiger partial charge in [-0.2, -0.15) is 10.1 Å². The molecule has 0 unspecified atom stereocenters. The number of fused-ring (bicyclic) bond motifs is 1. The Morgan fingerprint density at radius 3 is 3.14 bits per heavy atom. The van der Waals surface area contributed by atoms with Gasteiger partial charge in [0, 0.05) is 12.1 Å². The zero-order valence-electron chi connectivity index (χ0n) is 11.2. The highest BCUT2D eigenvalue weighted by molar-refractivity contribution is 6.31. The van der Waals surface area contributed by atoms with E-state index in [0.29, 0.717) is 11.6 Å². The molecule has 3 rings (SSSR count). The minimum absolute atomic E-state index is 0.0276. The van der Waals surface area contributed by atoms with Gasteiger partial charge in [-0.25, -0.2) is 9.07 Å². The first kappa shape index (κ1) is 14.5.